The van der Waals surface area contributed by atoms with Gasteiger partial charge in [-0.05, 0) is 63.2 Å². The molecule has 0 aliphatic carbocycles. The number of carbonyl (C=O) groups excluding carboxylic acids is 1. The van der Waals surface area contributed by atoms with E-state index in [1.807, 2.05) is 19.9 Å². The molecule has 0 bridgehead atoms. The fraction of sp³-hybridized carbons (Fsp3) is 0.200. The van der Waals surface area contributed by atoms with Crippen molar-refractivity contribution in [2.75, 3.05) is 19.0 Å². The first kappa shape index (κ1) is 22.8. The molecule has 174 valence electrons. The van der Waals surface area contributed by atoms with Crippen LogP contribution in [0, 0.1) is 20.8 Å². The maximum absolute atomic E-state index is 12.2. The summed E-state index contributed by atoms with van der Waals surface area (Å²) >= 11 is 0. The van der Waals surface area contributed by atoms with Crippen molar-refractivity contribution >= 4 is 11.6 Å². The lowest BCUT2D eigenvalue weighted by molar-refractivity contribution is -0.118. The molecule has 1 amide bonds. The van der Waals surface area contributed by atoms with E-state index in [0.29, 0.717) is 40.5 Å². The van der Waals surface area contributed by atoms with Gasteiger partial charge in [-0.25, -0.2) is 9.67 Å². The van der Waals surface area contributed by atoms with Crippen molar-refractivity contribution in [2.24, 2.45) is 0 Å². The van der Waals surface area contributed by atoms with Crippen LogP contribution in [0.5, 0.6) is 23.1 Å². The van der Waals surface area contributed by atoms with Gasteiger partial charge in [-0.15, -0.1) is 0 Å². The molecule has 0 spiro atoms. The van der Waals surface area contributed by atoms with Gasteiger partial charge in [0.1, 0.15) is 23.1 Å². The Bertz CT molecular complexity index is 1300. The molecule has 2 aromatic carbocycles. The number of hydrogen-bond donors (Lipinski definition) is 1. The van der Waals surface area contributed by atoms with Crippen LogP contribution >= 0.6 is 0 Å². The van der Waals surface area contributed by atoms with Crippen LogP contribution in [0.25, 0.3) is 5.82 Å². The minimum atomic E-state index is -0.280. The number of nitrogens with zero attached hydrogens (tertiary/aromatic N) is 4. The molecule has 34 heavy (non-hydrogen) atoms. The molecule has 0 radical (unpaired) electrons. The number of benzene rings is 2. The van der Waals surface area contributed by atoms with Crippen LogP contribution in [0.2, 0.25) is 0 Å². The third-order valence-corrected chi connectivity index (χ3v) is 4.80. The Hall–Kier alpha value is -4.40. The second kappa shape index (κ2) is 10.0. The van der Waals surface area contributed by atoms with Crippen molar-refractivity contribution in [3.05, 3.63) is 77.9 Å². The summed E-state index contributed by atoms with van der Waals surface area (Å²) in [6.45, 7) is 5.57. The fourth-order valence-corrected chi connectivity index (χ4v) is 3.31. The summed E-state index contributed by atoms with van der Waals surface area (Å²) in [6, 6.07) is 17.8. The highest BCUT2D eigenvalue weighted by molar-refractivity contribution is 5.91. The zero-order chi connectivity index (χ0) is 24.1. The Kier molecular flexibility index (Phi) is 6.72. The Labute approximate surface area is 197 Å². The Morgan fingerprint density at radius 3 is 2.41 bits per heavy atom. The van der Waals surface area contributed by atoms with Gasteiger partial charge in [0.15, 0.2) is 12.4 Å². The van der Waals surface area contributed by atoms with Crippen molar-refractivity contribution in [2.45, 2.75) is 20.8 Å². The average molecular weight is 460 g/mol. The van der Waals surface area contributed by atoms with Gasteiger partial charge in [-0.3, -0.25) is 4.79 Å². The van der Waals surface area contributed by atoms with E-state index < -0.39 is 0 Å². The fourth-order valence-electron chi connectivity index (χ4n) is 3.31. The van der Waals surface area contributed by atoms with Crippen LogP contribution in [-0.2, 0) is 4.79 Å². The highest BCUT2D eigenvalue weighted by atomic mass is 16.5. The predicted molar refractivity (Wildman–Crippen MR) is 127 cm³/mol. The van der Waals surface area contributed by atoms with Gasteiger partial charge in [0.25, 0.3) is 5.91 Å². The molecular formula is C25H25N5O4. The molecule has 0 atom stereocenters. The molecule has 0 saturated heterocycles. The molecule has 0 aliphatic heterocycles. The predicted octanol–water partition coefficient (Wildman–Crippen LogP) is 4.41. The Balaban J connectivity index is 1.37. The van der Waals surface area contributed by atoms with Gasteiger partial charge in [-0.1, -0.05) is 6.07 Å². The first-order valence-corrected chi connectivity index (χ1v) is 10.6. The number of ether oxygens (including phenoxy) is 3. The summed E-state index contributed by atoms with van der Waals surface area (Å²) < 4.78 is 18.3. The maximum atomic E-state index is 12.2. The van der Waals surface area contributed by atoms with Crippen LogP contribution in [0.4, 0.5) is 5.69 Å². The van der Waals surface area contributed by atoms with E-state index in [0.717, 1.165) is 11.4 Å². The summed E-state index contributed by atoms with van der Waals surface area (Å²) in [6.07, 6.45) is 0. The molecule has 0 aliphatic rings. The van der Waals surface area contributed by atoms with E-state index in [9.17, 15) is 4.79 Å². The van der Waals surface area contributed by atoms with Crippen molar-refractivity contribution < 1.29 is 19.0 Å². The zero-order valence-corrected chi connectivity index (χ0v) is 19.4. The molecule has 9 nitrogen and oxygen atoms in total. The molecule has 0 fully saturated rings. The molecule has 4 aromatic rings. The van der Waals surface area contributed by atoms with Gasteiger partial charge in [0.2, 0.25) is 5.88 Å². The van der Waals surface area contributed by atoms with Gasteiger partial charge < -0.3 is 19.5 Å². The second-order valence-corrected chi connectivity index (χ2v) is 7.59. The van der Waals surface area contributed by atoms with Gasteiger partial charge in [-0.2, -0.15) is 10.1 Å². The number of anilines is 1. The summed E-state index contributed by atoms with van der Waals surface area (Å²) in [7, 11) is 1.57. The molecule has 1 N–H and O–H groups in total. The molecule has 2 heterocycles. The first-order chi connectivity index (χ1) is 16.4. The molecule has 2 aromatic heterocycles. The van der Waals surface area contributed by atoms with Crippen molar-refractivity contribution in [1.29, 1.82) is 0 Å². The van der Waals surface area contributed by atoms with E-state index >= 15 is 0 Å². The second-order valence-electron chi connectivity index (χ2n) is 7.59. The summed E-state index contributed by atoms with van der Waals surface area (Å²) in [5.74, 6) is 3.11. The topological polar surface area (TPSA) is 100 Å². The van der Waals surface area contributed by atoms with Crippen LogP contribution in [0.1, 0.15) is 17.2 Å². The SMILES string of the molecule is COc1cccc(OCC(=O)Nc2ccc(Oc3cc(-n4nc(C)cc4C)nc(C)n3)cc2)c1. The highest BCUT2D eigenvalue weighted by Crippen LogP contribution is 2.24. The monoisotopic (exact) mass is 459 g/mol. The summed E-state index contributed by atoms with van der Waals surface area (Å²) in [5, 5.41) is 7.26. The molecule has 4 rings (SSSR count). The van der Waals surface area contributed by atoms with Crippen LogP contribution in [0.3, 0.4) is 0 Å². The van der Waals surface area contributed by atoms with E-state index in [4.69, 9.17) is 14.2 Å². The van der Waals surface area contributed by atoms with Crippen molar-refractivity contribution in [3.8, 4) is 28.9 Å². The standard InChI is InChI=1S/C25H25N5O4/c1-16-12-17(2)30(29-16)23-14-25(27-18(3)26-23)34-20-10-8-19(9-11-20)28-24(31)15-33-22-7-5-6-21(13-22)32-4/h5-14H,15H2,1-4H3,(H,28,31). The smallest absolute Gasteiger partial charge is 0.262 e. The normalized spacial score (nSPS) is 10.6. The largest absolute Gasteiger partial charge is 0.497 e. The maximum Gasteiger partial charge on any atom is 0.262 e. The lowest BCUT2D eigenvalue weighted by atomic mass is 10.3. The molecule has 0 unspecified atom stereocenters. The van der Waals surface area contributed by atoms with Gasteiger partial charge in [0, 0.05) is 23.5 Å². The molecule has 9 heteroatoms. The summed E-state index contributed by atoms with van der Waals surface area (Å²) in [4.78, 5) is 21.0. The minimum Gasteiger partial charge on any atom is -0.497 e. The number of nitrogens with one attached hydrogen (secondary N) is 1. The minimum absolute atomic E-state index is 0.124. The quantitative estimate of drug-likeness (QED) is 0.417. The number of rotatable bonds is 8. The van der Waals surface area contributed by atoms with Gasteiger partial charge in [0.05, 0.1) is 12.8 Å². The number of aryl methyl sites for hydroxylation is 3. The van der Waals surface area contributed by atoms with Gasteiger partial charge >= 0.3 is 0 Å². The van der Waals surface area contributed by atoms with Crippen molar-refractivity contribution in [3.63, 3.8) is 0 Å². The third kappa shape index (κ3) is 5.69. The van der Waals surface area contributed by atoms with Crippen LogP contribution in [-0.4, -0.2) is 39.4 Å². The number of amides is 1. The molecule has 0 saturated carbocycles. The number of carbonyl (C=O) groups is 1. The lowest BCUT2D eigenvalue weighted by Crippen LogP contribution is -2.20. The van der Waals surface area contributed by atoms with Crippen LogP contribution < -0.4 is 19.5 Å². The number of methoxy groups -OCH3 is 1. The van der Waals surface area contributed by atoms with E-state index in [-0.39, 0.29) is 12.5 Å². The van der Waals surface area contributed by atoms with Crippen molar-refractivity contribution in [1.82, 2.24) is 19.7 Å². The lowest BCUT2D eigenvalue weighted by Gasteiger charge is -2.10. The first-order valence-electron chi connectivity index (χ1n) is 10.6. The Morgan fingerprint density at radius 1 is 0.941 bits per heavy atom. The Morgan fingerprint density at radius 2 is 1.71 bits per heavy atom. The number of hydrogen-bond acceptors (Lipinski definition) is 7. The summed E-state index contributed by atoms with van der Waals surface area (Å²) in [5.41, 5.74) is 2.49. The van der Waals surface area contributed by atoms with E-state index in [2.05, 4.69) is 20.4 Å². The zero-order valence-electron chi connectivity index (χ0n) is 19.4. The van der Waals surface area contributed by atoms with E-state index in [1.54, 1.807) is 73.3 Å². The van der Waals surface area contributed by atoms with Crippen LogP contribution in [0.15, 0.2) is 60.7 Å². The highest BCUT2D eigenvalue weighted by Gasteiger charge is 2.10. The third-order valence-electron chi connectivity index (χ3n) is 4.80. The molecular weight excluding hydrogens is 434 g/mol. The van der Waals surface area contributed by atoms with E-state index in [1.165, 1.54) is 0 Å². The average Bonchev–Trinajstić information content (AvgIpc) is 3.16. The number of aromatic nitrogens is 4.